The van der Waals surface area contributed by atoms with Crippen LogP contribution in [0.25, 0.3) is 0 Å². The summed E-state index contributed by atoms with van der Waals surface area (Å²) in [5.41, 5.74) is 1.09. The second-order valence-corrected chi connectivity index (χ2v) is 5.81. The summed E-state index contributed by atoms with van der Waals surface area (Å²) in [6.07, 6.45) is 0.0672. The zero-order chi connectivity index (χ0) is 17.4. The van der Waals surface area contributed by atoms with Gasteiger partial charge in [-0.1, -0.05) is 42.8 Å². The zero-order valence-electron chi connectivity index (χ0n) is 13.9. The second-order valence-electron chi connectivity index (χ2n) is 5.40. The van der Waals surface area contributed by atoms with Gasteiger partial charge in [-0.2, -0.15) is 0 Å². The lowest BCUT2D eigenvalue weighted by Gasteiger charge is -2.17. The van der Waals surface area contributed by atoms with E-state index in [1.165, 1.54) is 0 Å². The number of carbonyl (C=O) groups excluding carboxylic acids is 1. The molecule has 1 N–H and O–H groups in total. The summed E-state index contributed by atoms with van der Waals surface area (Å²) in [6, 6.07) is 14.9. The second kappa shape index (κ2) is 9.18. The summed E-state index contributed by atoms with van der Waals surface area (Å²) in [7, 11) is 0. The molecule has 0 saturated heterocycles. The highest BCUT2D eigenvalue weighted by Crippen LogP contribution is 2.22. The normalized spacial score (nSPS) is 11.6. The molecule has 0 aromatic heterocycles. The van der Waals surface area contributed by atoms with E-state index in [0.29, 0.717) is 36.1 Å². The molecule has 1 unspecified atom stereocenters. The van der Waals surface area contributed by atoms with Gasteiger partial charge in [0.25, 0.3) is 5.91 Å². The quantitative estimate of drug-likeness (QED) is 0.734. The Bertz CT molecular complexity index is 675. The van der Waals surface area contributed by atoms with Crippen molar-refractivity contribution in [2.24, 2.45) is 0 Å². The Hall–Kier alpha value is -2.20. The number of amides is 1. The van der Waals surface area contributed by atoms with E-state index in [4.69, 9.17) is 21.1 Å². The summed E-state index contributed by atoms with van der Waals surface area (Å²) >= 11 is 6.01. The van der Waals surface area contributed by atoms with Crippen LogP contribution in [0.15, 0.2) is 48.5 Å². The van der Waals surface area contributed by atoms with Gasteiger partial charge in [0, 0.05) is 0 Å². The topological polar surface area (TPSA) is 47.6 Å². The van der Waals surface area contributed by atoms with E-state index in [0.717, 1.165) is 5.56 Å². The molecule has 0 aliphatic heterocycles. The average molecular weight is 348 g/mol. The third-order valence-electron chi connectivity index (χ3n) is 3.43. The van der Waals surface area contributed by atoms with E-state index in [1.807, 2.05) is 50.2 Å². The van der Waals surface area contributed by atoms with Crippen LogP contribution in [0.5, 0.6) is 11.5 Å². The first-order chi connectivity index (χ1) is 11.6. The molecule has 0 radical (unpaired) electrons. The van der Waals surface area contributed by atoms with Crippen molar-refractivity contribution in [1.29, 1.82) is 0 Å². The van der Waals surface area contributed by atoms with Crippen LogP contribution in [0.3, 0.4) is 0 Å². The fraction of sp³-hybridized carbons (Fsp3) is 0.316. The van der Waals surface area contributed by atoms with Crippen molar-refractivity contribution in [2.75, 3.05) is 13.2 Å². The molecule has 2 aromatic rings. The van der Waals surface area contributed by atoms with Crippen molar-refractivity contribution in [3.8, 4) is 11.5 Å². The Morgan fingerprint density at radius 3 is 2.71 bits per heavy atom. The highest BCUT2D eigenvalue weighted by atomic mass is 35.5. The van der Waals surface area contributed by atoms with E-state index in [9.17, 15) is 4.79 Å². The third-order valence-corrected chi connectivity index (χ3v) is 3.74. The average Bonchev–Trinajstić information content (AvgIpc) is 2.58. The van der Waals surface area contributed by atoms with E-state index in [-0.39, 0.29) is 5.91 Å². The van der Waals surface area contributed by atoms with Crippen LogP contribution < -0.4 is 14.8 Å². The van der Waals surface area contributed by atoms with Crippen LogP contribution in [0, 0.1) is 6.92 Å². The van der Waals surface area contributed by atoms with E-state index in [1.54, 1.807) is 12.1 Å². The Morgan fingerprint density at radius 1 is 1.21 bits per heavy atom. The molecule has 0 aliphatic carbocycles. The highest BCUT2D eigenvalue weighted by molar-refractivity contribution is 6.32. The number of rotatable bonds is 8. The number of aryl methyl sites for hydroxylation is 1. The van der Waals surface area contributed by atoms with E-state index >= 15 is 0 Å². The maximum atomic E-state index is 12.2. The maximum absolute atomic E-state index is 12.2. The number of para-hydroxylation sites is 1. The molecule has 0 bridgehead atoms. The molecule has 128 valence electrons. The van der Waals surface area contributed by atoms with Gasteiger partial charge in [0.2, 0.25) is 0 Å². The van der Waals surface area contributed by atoms with Gasteiger partial charge in [-0.3, -0.25) is 4.79 Å². The summed E-state index contributed by atoms with van der Waals surface area (Å²) in [6.45, 7) is 4.63. The Balaban J connectivity index is 1.78. The fourth-order valence-corrected chi connectivity index (χ4v) is 2.38. The molecule has 1 atom stereocenters. The number of carbonyl (C=O) groups is 1. The van der Waals surface area contributed by atoms with Crippen molar-refractivity contribution in [3.05, 3.63) is 59.1 Å². The molecule has 0 heterocycles. The molecule has 5 heteroatoms. The van der Waals surface area contributed by atoms with Crippen molar-refractivity contribution >= 4 is 17.5 Å². The monoisotopic (exact) mass is 347 g/mol. The van der Waals surface area contributed by atoms with Crippen molar-refractivity contribution in [3.63, 3.8) is 0 Å². The van der Waals surface area contributed by atoms with Gasteiger partial charge in [0.15, 0.2) is 6.10 Å². The van der Waals surface area contributed by atoms with Crippen LogP contribution in [0.2, 0.25) is 5.02 Å². The first kappa shape index (κ1) is 18.1. The summed E-state index contributed by atoms with van der Waals surface area (Å²) in [5, 5.41) is 3.38. The van der Waals surface area contributed by atoms with Crippen molar-refractivity contribution < 1.29 is 14.3 Å². The van der Waals surface area contributed by atoms with Gasteiger partial charge >= 0.3 is 0 Å². The number of ether oxygens (including phenoxy) is 2. The molecule has 4 nitrogen and oxygen atoms in total. The Labute approximate surface area is 147 Å². The summed E-state index contributed by atoms with van der Waals surface area (Å²) in [5.74, 6) is 1.16. The number of hydrogen-bond acceptors (Lipinski definition) is 3. The molecular formula is C19H22ClNO3. The van der Waals surface area contributed by atoms with Gasteiger partial charge < -0.3 is 14.8 Å². The Morgan fingerprint density at radius 2 is 2.00 bits per heavy atom. The van der Waals surface area contributed by atoms with Gasteiger partial charge in [-0.05, 0) is 43.2 Å². The first-order valence-corrected chi connectivity index (χ1v) is 8.36. The summed E-state index contributed by atoms with van der Waals surface area (Å²) in [4.78, 5) is 12.2. The molecule has 0 spiro atoms. The van der Waals surface area contributed by atoms with Crippen LogP contribution in [-0.4, -0.2) is 25.2 Å². The van der Waals surface area contributed by atoms with E-state index < -0.39 is 6.10 Å². The van der Waals surface area contributed by atoms with Crippen LogP contribution >= 0.6 is 11.6 Å². The SMILES string of the molecule is CCC(Oc1cccc(C)c1)C(=O)NCCOc1ccccc1Cl. The molecule has 0 saturated carbocycles. The van der Waals surface area contributed by atoms with Crippen molar-refractivity contribution in [1.82, 2.24) is 5.32 Å². The molecule has 1 amide bonds. The van der Waals surface area contributed by atoms with Crippen LogP contribution in [0.4, 0.5) is 0 Å². The zero-order valence-corrected chi connectivity index (χ0v) is 14.7. The fourth-order valence-electron chi connectivity index (χ4n) is 2.19. The Kier molecular flexibility index (Phi) is 6.94. The van der Waals surface area contributed by atoms with Gasteiger partial charge in [-0.25, -0.2) is 0 Å². The number of nitrogens with one attached hydrogen (secondary N) is 1. The molecule has 2 aromatic carbocycles. The molecular weight excluding hydrogens is 326 g/mol. The van der Waals surface area contributed by atoms with Gasteiger partial charge in [0.1, 0.15) is 18.1 Å². The number of hydrogen-bond donors (Lipinski definition) is 1. The van der Waals surface area contributed by atoms with Crippen LogP contribution in [0.1, 0.15) is 18.9 Å². The van der Waals surface area contributed by atoms with E-state index in [2.05, 4.69) is 5.32 Å². The molecule has 0 aliphatic rings. The summed E-state index contributed by atoms with van der Waals surface area (Å²) < 4.78 is 11.3. The number of halogens is 1. The predicted molar refractivity (Wildman–Crippen MR) is 95.8 cm³/mol. The lowest BCUT2D eigenvalue weighted by molar-refractivity contribution is -0.128. The van der Waals surface area contributed by atoms with Gasteiger partial charge in [-0.15, -0.1) is 0 Å². The third kappa shape index (κ3) is 5.46. The minimum Gasteiger partial charge on any atom is -0.490 e. The lowest BCUT2D eigenvalue weighted by atomic mass is 10.2. The largest absolute Gasteiger partial charge is 0.490 e. The number of benzene rings is 2. The van der Waals surface area contributed by atoms with Gasteiger partial charge in [0.05, 0.1) is 11.6 Å². The highest BCUT2D eigenvalue weighted by Gasteiger charge is 2.17. The minimum atomic E-state index is -0.521. The van der Waals surface area contributed by atoms with Crippen molar-refractivity contribution in [2.45, 2.75) is 26.4 Å². The predicted octanol–water partition coefficient (Wildman–Crippen LogP) is 4.00. The molecule has 2 rings (SSSR count). The molecule has 0 fully saturated rings. The first-order valence-electron chi connectivity index (χ1n) is 7.98. The standard InChI is InChI=1S/C19H22ClNO3/c1-3-17(24-15-8-6-7-14(2)13-15)19(22)21-11-12-23-18-10-5-4-9-16(18)20/h4-10,13,17H,3,11-12H2,1-2H3,(H,21,22). The minimum absolute atomic E-state index is 0.151. The molecule has 24 heavy (non-hydrogen) atoms. The van der Waals surface area contributed by atoms with Crippen LogP contribution in [-0.2, 0) is 4.79 Å². The smallest absolute Gasteiger partial charge is 0.261 e. The maximum Gasteiger partial charge on any atom is 0.261 e. The lowest BCUT2D eigenvalue weighted by Crippen LogP contribution is -2.39.